The van der Waals surface area contributed by atoms with Gasteiger partial charge in [-0.25, -0.2) is 8.42 Å². The third kappa shape index (κ3) is 4.23. The molecule has 2 atom stereocenters. The number of hydrogen-bond acceptors (Lipinski definition) is 4. The molecule has 2 aliphatic heterocycles. The van der Waals surface area contributed by atoms with E-state index in [1.807, 2.05) is 4.90 Å². The molecule has 0 aromatic heterocycles. The van der Waals surface area contributed by atoms with Crippen molar-refractivity contribution in [3.8, 4) is 0 Å². The normalized spacial score (nSPS) is 20.9. The lowest BCUT2D eigenvalue weighted by molar-refractivity contribution is -0.144. The highest BCUT2D eigenvalue weighted by molar-refractivity contribution is 7.89. The molecule has 7 nitrogen and oxygen atoms in total. The highest BCUT2D eigenvalue weighted by Crippen LogP contribution is 2.28. The van der Waals surface area contributed by atoms with Gasteiger partial charge in [-0.15, -0.1) is 0 Å². The second-order valence-corrected chi connectivity index (χ2v) is 11.0. The minimum absolute atomic E-state index is 0.0580. The molecule has 0 spiro atoms. The van der Waals surface area contributed by atoms with E-state index in [9.17, 15) is 18.0 Å². The summed E-state index contributed by atoms with van der Waals surface area (Å²) in [4.78, 5) is 29.5. The smallest absolute Gasteiger partial charge is 0.245 e. The van der Waals surface area contributed by atoms with Crippen LogP contribution in [-0.2, 0) is 19.6 Å². The van der Waals surface area contributed by atoms with Crippen molar-refractivity contribution in [2.24, 2.45) is 0 Å². The van der Waals surface area contributed by atoms with E-state index in [1.165, 1.54) is 18.0 Å². The van der Waals surface area contributed by atoms with Gasteiger partial charge in [0, 0.05) is 31.7 Å². The van der Waals surface area contributed by atoms with Crippen LogP contribution in [0.5, 0.6) is 0 Å². The third-order valence-electron chi connectivity index (χ3n) is 6.59. The first-order valence-corrected chi connectivity index (χ1v) is 12.8. The maximum absolute atomic E-state index is 13.3. The van der Waals surface area contributed by atoms with E-state index < -0.39 is 22.1 Å². The van der Waals surface area contributed by atoms with Crippen molar-refractivity contribution in [1.29, 1.82) is 0 Å². The highest BCUT2D eigenvalue weighted by Gasteiger charge is 2.43. The zero-order valence-electron chi connectivity index (χ0n) is 18.3. The molecule has 2 heterocycles. The van der Waals surface area contributed by atoms with Gasteiger partial charge in [0.05, 0.1) is 4.90 Å². The number of likely N-dealkylation sites (N-methyl/N-ethyl adjacent to an activating group) is 1. The molecule has 0 radical (unpaired) electrons. The number of benzene rings is 2. The van der Waals surface area contributed by atoms with Gasteiger partial charge in [0.1, 0.15) is 12.1 Å². The van der Waals surface area contributed by atoms with Crippen molar-refractivity contribution in [3.63, 3.8) is 0 Å². The lowest BCUT2D eigenvalue weighted by Gasteiger charge is -2.33. The third-order valence-corrected chi connectivity index (χ3v) is 8.69. The predicted octanol–water partition coefficient (Wildman–Crippen LogP) is 3.12. The van der Waals surface area contributed by atoms with Crippen LogP contribution in [0.1, 0.15) is 32.6 Å². The second kappa shape index (κ2) is 9.00. The van der Waals surface area contributed by atoms with Crippen molar-refractivity contribution >= 4 is 44.2 Å². The van der Waals surface area contributed by atoms with Crippen LogP contribution < -0.4 is 0 Å². The summed E-state index contributed by atoms with van der Waals surface area (Å²) in [6, 6.07) is 8.68. The zero-order valence-corrected chi connectivity index (χ0v) is 19.9. The van der Waals surface area contributed by atoms with E-state index in [2.05, 4.69) is 0 Å². The average Bonchev–Trinajstić information content (AvgIpc) is 3.18. The fourth-order valence-electron chi connectivity index (χ4n) is 4.61. The standard InChI is InChI=1S/C23H28ClN3O4S/c1-16(22(28)26-11-4-3-5-12-26)27-13-10-21(23(27)29)25(2)32(30,31)20-9-7-17-14-19(24)8-6-18(17)15-20/h6-9,14-16,21H,3-5,10-13H2,1-2H3/t16-,21+/m0/s1. The SMILES string of the molecule is C[C@@H](C(=O)N1CCCCC1)N1CC[C@@H](N(C)S(=O)(=O)c2ccc3cc(Cl)ccc3c2)C1=O. The Labute approximate surface area is 194 Å². The van der Waals surface area contributed by atoms with Crippen molar-refractivity contribution in [2.75, 3.05) is 26.7 Å². The Balaban J connectivity index is 1.51. The predicted molar refractivity (Wildman–Crippen MR) is 124 cm³/mol. The fourth-order valence-corrected chi connectivity index (χ4v) is 6.17. The van der Waals surface area contributed by atoms with Gasteiger partial charge in [0.25, 0.3) is 0 Å². The van der Waals surface area contributed by atoms with Crippen molar-refractivity contribution in [2.45, 2.75) is 49.6 Å². The number of likely N-dealkylation sites (tertiary alicyclic amines) is 2. The van der Waals surface area contributed by atoms with Crippen LogP contribution in [0.25, 0.3) is 10.8 Å². The molecule has 0 saturated carbocycles. The average molecular weight is 478 g/mol. The first-order chi connectivity index (χ1) is 15.2. The Kier molecular flexibility index (Phi) is 6.47. The molecule has 2 aliphatic rings. The number of sulfonamides is 1. The lowest BCUT2D eigenvalue weighted by atomic mass is 10.1. The molecule has 0 unspecified atom stereocenters. The second-order valence-electron chi connectivity index (χ2n) is 8.57. The topological polar surface area (TPSA) is 78.0 Å². The number of carbonyl (C=O) groups excluding carboxylic acids is 2. The molecule has 0 N–H and O–H groups in total. The molecular formula is C23H28ClN3O4S. The zero-order chi connectivity index (χ0) is 23.0. The van der Waals surface area contributed by atoms with Crippen LogP contribution in [0.3, 0.4) is 0 Å². The van der Waals surface area contributed by atoms with Crippen molar-refractivity contribution in [1.82, 2.24) is 14.1 Å². The van der Waals surface area contributed by atoms with E-state index in [1.54, 1.807) is 37.3 Å². The van der Waals surface area contributed by atoms with Gasteiger partial charge in [-0.1, -0.05) is 23.7 Å². The van der Waals surface area contributed by atoms with Crippen LogP contribution in [0.15, 0.2) is 41.3 Å². The summed E-state index contributed by atoms with van der Waals surface area (Å²) in [5, 5.41) is 2.17. The van der Waals surface area contributed by atoms with Crippen LogP contribution in [0.2, 0.25) is 5.02 Å². The molecule has 2 saturated heterocycles. The summed E-state index contributed by atoms with van der Waals surface area (Å²) in [5.41, 5.74) is 0. The molecule has 32 heavy (non-hydrogen) atoms. The van der Waals surface area contributed by atoms with Gasteiger partial charge in [-0.2, -0.15) is 4.31 Å². The maximum atomic E-state index is 13.3. The van der Waals surface area contributed by atoms with E-state index in [0.717, 1.165) is 47.4 Å². The first kappa shape index (κ1) is 23.0. The van der Waals surface area contributed by atoms with E-state index in [0.29, 0.717) is 18.0 Å². The summed E-state index contributed by atoms with van der Waals surface area (Å²) in [7, 11) is -2.45. The fraction of sp³-hybridized carbons (Fsp3) is 0.478. The summed E-state index contributed by atoms with van der Waals surface area (Å²) in [6.07, 6.45) is 3.44. The summed E-state index contributed by atoms with van der Waals surface area (Å²) in [6.45, 7) is 3.53. The number of nitrogens with zero attached hydrogens (tertiary/aromatic N) is 3. The van der Waals surface area contributed by atoms with Gasteiger partial charge >= 0.3 is 0 Å². The molecule has 0 bridgehead atoms. The molecule has 0 aliphatic carbocycles. The molecule has 2 fully saturated rings. The largest absolute Gasteiger partial charge is 0.341 e. The quantitative estimate of drug-likeness (QED) is 0.662. The van der Waals surface area contributed by atoms with Crippen LogP contribution in [0, 0.1) is 0 Å². The number of halogens is 1. The Hall–Kier alpha value is -2.16. The Morgan fingerprint density at radius 1 is 1.06 bits per heavy atom. The monoisotopic (exact) mass is 477 g/mol. The van der Waals surface area contributed by atoms with Crippen molar-refractivity contribution in [3.05, 3.63) is 41.4 Å². The number of rotatable bonds is 5. The summed E-state index contributed by atoms with van der Waals surface area (Å²) < 4.78 is 27.7. The van der Waals surface area contributed by atoms with Crippen LogP contribution in [-0.4, -0.2) is 73.1 Å². The number of fused-ring (bicyclic) bond motifs is 1. The Morgan fingerprint density at radius 3 is 2.44 bits per heavy atom. The Bertz CT molecular complexity index is 1150. The minimum Gasteiger partial charge on any atom is -0.341 e. The number of hydrogen-bond donors (Lipinski definition) is 0. The number of carbonyl (C=O) groups is 2. The number of piperidine rings is 1. The molecular weight excluding hydrogens is 450 g/mol. The van der Waals surface area contributed by atoms with E-state index in [4.69, 9.17) is 11.6 Å². The molecule has 2 aromatic carbocycles. The van der Waals surface area contributed by atoms with Gasteiger partial charge in [-0.3, -0.25) is 9.59 Å². The van der Waals surface area contributed by atoms with Crippen LogP contribution >= 0.6 is 11.6 Å². The molecule has 172 valence electrons. The Morgan fingerprint density at radius 2 is 1.72 bits per heavy atom. The lowest BCUT2D eigenvalue weighted by Crippen LogP contribution is -2.51. The molecule has 4 rings (SSSR count). The van der Waals surface area contributed by atoms with Gasteiger partial charge in [0.2, 0.25) is 21.8 Å². The summed E-state index contributed by atoms with van der Waals surface area (Å²) in [5.74, 6) is -0.376. The number of amides is 2. The van der Waals surface area contributed by atoms with Gasteiger partial charge in [0.15, 0.2) is 0 Å². The van der Waals surface area contributed by atoms with E-state index in [-0.39, 0.29) is 16.7 Å². The van der Waals surface area contributed by atoms with Crippen LogP contribution in [0.4, 0.5) is 0 Å². The minimum atomic E-state index is -3.89. The summed E-state index contributed by atoms with van der Waals surface area (Å²) >= 11 is 6.02. The molecule has 9 heteroatoms. The molecule has 2 amide bonds. The highest BCUT2D eigenvalue weighted by atomic mass is 35.5. The maximum Gasteiger partial charge on any atom is 0.245 e. The van der Waals surface area contributed by atoms with Gasteiger partial charge in [-0.05, 0) is 67.6 Å². The van der Waals surface area contributed by atoms with Gasteiger partial charge < -0.3 is 9.80 Å². The van der Waals surface area contributed by atoms with Crippen molar-refractivity contribution < 1.29 is 18.0 Å². The first-order valence-electron chi connectivity index (χ1n) is 11.0. The van der Waals surface area contributed by atoms with E-state index >= 15 is 0 Å². The molecule has 2 aromatic rings.